The van der Waals surface area contributed by atoms with Crippen LogP contribution >= 0.6 is 0 Å². The second-order valence-electron chi connectivity index (χ2n) is 2.37. The Hall–Kier alpha value is -1.16. The van der Waals surface area contributed by atoms with E-state index in [1.54, 1.807) is 0 Å². The molecule has 0 aromatic rings. The van der Waals surface area contributed by atoms with Gasteiger partial charge in [0.25, 0.3) is 11.8 Å². The highest BCUT2D eigenvalue weighted by atomic mass is 16.5. The largest absolute Gasteiger partial charge is 0.280 e. The number of carbonyl (C=O) groups excluding carboxylic acids is 2. The van der Waals surface area contributed by atoms with Crippen LogP contribution in [0.4, 0.5) is 0 Å². The lowest BCUT2D eigenvalue weighted by Gasteiger charge is -2.02. The Bertz CT molecular complexity index is 232. The lowest BCUT2D eigenvalue weighted by Crippen LogP contribution is -2.26. The summed E-state index contributed by atoms with van der Waals surface area (Å²) < 4.78 is 0. The van der Waals surface area contributed by atoms with E-state index in [1.807, 2.05) is 6.92 Å². The molecule has 0 saturated carbocycles. The maximum absolute atomic E-state index is 10.9. The van der Waals surface area contributed by atoms with Crippen molar-refractivity contribution in [2.45, 2.75) is 19.8 Å². The van der Waals surface area contributed by atoms with Gasteiger partial charge in [0.05, 0.1) is 0 Å². The van der Waals surface area contributed by atoms with Gasteiger partial charge in [-0.1, -0.05) is 13.3 Å². The molecule has 1 heterocycles. The zero-order valence-electron chi connectivity index (χ0n) is 6.20. The first kappa shape index (κ1) is 7.94. The first-order valence-electron chi connectivity index (χ1n) is 3.44. The third-order valence-corrected chi connectivity index (χ3v) is 1.49. The lowest BCUT2D eigenvalue weighted by molar-refractivity contribution is -0.169. The first-order valence-corrected chi connectivity index (χ1v) is 3.44. The Morgan fingerprint density at radius 3 is 2.55 bits per heavy atom. The summed E-state index contributed by atoms with van der Waals surface area (Å²) >= 11 is 0. The first-order chi connectivity index (χ1) is 5.16. The van der Waals surface area contributed by atoms with Crippen molar-refractivity contribution in [3.8, 4) is 0 Å². The van der Waals surface area contributed by atoms with Crippen molar-refractivity contribution >= 4 is 11.8 Å². The van der Waals surface area contributed by atoms with Crippen LogP contribution in [-0.4, -0.2) is 22.1 Å². The Balaban J connectivity index is 2.75. The van der Waals surface area contributed by atoms with Crippen LogP contribution in [0.2, 0.25) is 0 Å². The fourth-order valence-corrected chi connectivity index (χ4v) is 0.956. The van der Waals surface area contributed by atoms with Crippen molar-refractivity contribution in [2.24, 2.45) is 0 Å². The highest BCUT2D eigenvalue weighted by Crippen LogP contribution is 2.14. The number of hydrogen-bond donors (Lipinski definition) is 1. The normalized spacial score (nSPS) is 17.6. The lowest BCUT2D eigenvalue weighted by atomic mass is 10.1. The van der Waals surface area contributed by atoms with E-state index in [9.17, 15) is 9.59 Å². The summed E-state index contributed by atoms with van der Waals surface area (Å²) in [6.07, 6.45) is 2.51. The predicted molar refractivity (Wildman–Crippen MR) is 36.6 cm³/mol. The van der Waals surface area contributed by atoms with E-state index in [2.05, 4.69) is 0 Å². The van der Waals surface area contributed by atoms with Gasteiger partial charge in [0.2, 0.25) is 0 Å². The van der Waals surface area contributed by atoms with Gasteiger partial charge in [-0.2, -0.15) is 0 Å². The van der Waals surface area contributed by atoms with E-state index in [0.717, 1.165) is 6.42 Å². The molecule has 1 aliphatic heterocycles. The summed E-state index contributed by atoms with van der Waals surface area (Å²) in [5, 5.41) is 8.89. The van der Waals surface area contributed by atoms with Crippen LogP contribution in [0.5, 0.6) is 0 Å². The molecule has 0 unspecified atom stereocenters. The second kappa shape index (κ2) is 2.84. The van der Waals surface area contributed by atoms with E-state index in [0.29, 0.717) is 12.0 Å². The number of nitrogens with zero attached hydrogens (tertiary/aromatic N) is 1. The number of hydrogen-bond acceptors (Lipinski definition) is 3. The van der Waals surface area contributed by atoms with Crippen molar-refractivity contribution in [1.29, 1.82) is 0 Å². The molecule has 0 fully saturated rings. The molecule has 0 aromatic heterocycles. The SMILES string of the molecule is CCCC1=CC(=O)N(O)C1=O. The topological polar surface area (TPSA) is 57.6 Å². The Morgan fingerprint density at radius 1 is 1.55 bits per heavy atom. The second-order valence-corrected chi connectivity index (χ2v) is 2.37. The monoisotopic (exact) mass is 155 g/mol. The van der Waals surface area contributed by atoms with Gasteiger partial charge in [0.1, 0.15) is 0 Å². The van der Waals surface area contributed by atoms with Gasteiger partial charge in [-0.05, 0) is 6.42 Å². The molecule has 1 aliphatic rings. The van der Waals surface area contributed by atoms with Gasteiger partial charge in [-0.25, -0.2) is 0 Å². The molecule has 4 nitrogen and oxygen atoms in total. The maximum Gasteiger partial charge on any atom is 0.280 e. The van der Waals surface area contributed by atoms with Crippen molar-refractivity contribution in [2.75, 3.05) is 0 Å². The Kier molecular flexibility index (Phi) is 2.05. The van der Waals surface area contributed by atoms with Gasteiger partial charge in [0.15, 0.2) is 0 Å². The van der Waals surface area contributed by atoms with Gasteiger partial charge >= 0.3 is 0 Å². The molecule has 0 aromatic carbocycles. The summed E-state index contributed by atoms with van der Waals surface area (Å²) in [4.78, 5) is 21.5. The molecule has 0 bridgehead atoms. The molecule has 1 N–H and O–H groups in total. The Labute approximate surface area is 64.1 Å². The van der Waals surface area contributed by atoms with Gasteiger partial charge in [-0.15, -0.1) is 5.06 Å². The molecule has 0 aliphatic carbocycles. The van der Waals surface area contributed by atoms with Crippen molar-refractivity contribution in [1.82, 2.24) is 5.06 Å². The molecule has 0 atom stereocenters. The minimum atomic E-state index is -0.640. The average Bonchev–Trinajstić information content (AvgIpc) is 2.19. The number of hydroxylamine groups is 2. The van der Waals surface area contributed by atoms with Gasteiger partial charge < -0.3 is 0 Å². The van der Waals surface area contributed by atoms with E-state index in [-0.39, 0.29) is 5.06 Å². The predicted octanol–water partition coefficient (Wildman–Crippen LogP) is 0.471. The van der Waals surface area contributed by atoms with Crippen LogP contribution in [0.1, 0.15) is 19.8 Å². The number of rotatable bonds is 2. The number of carbonyl (C=O) groups is 2. The number of amides is 2. The zero-order valence-corrected chi connectivity index (χ0v) is 6.20. The van der Waals surface area contributed by atoms with Gasteiger partial charge in [-0.3, -0.25) is 14.8 Å². The van der Waals surface area contributed by atoms with Crippen molar-refractivity contribution in [3.05, 3.63) is 11.6 Å². The quantitative estimate of drug-likeness (QED) is 0.466. The molecular formula is C7H9NO3. The summed E-state index contributed by atoms with van der Waals surface area (Å²) in [5.74, 6) is -1.23. The average molecular weight is 155 g/mol. The fraction of sp³-hybridized carbons (Fsp3) is 0.429. The van der Waals surface area contributed by atoms with Crippen molar-refractivity contribution in [3.63, 3.8) is 0 Å². The van der Waals surface area contributed by atoms with E-state index < -0.39 is 11.8 Å². The van der Waals surface area contributed by atoms with Crippen molar-refractivity contribution < 1.29 is 14.8 Å². The Morgan fingerprint density at radius 2 is 2.18 bits per heavy atom. The summed E-state index contributed by atoms with van der Waals surface area (Å²) in [5.41, 5.74) is 0.389. The number of imide groups is 1. The van der Waals surface area contributed by atoms with Crippen LogP contribution in [0.25, 0.3) is 0 Å². The van der Waals surface area contributed by atoms with E-state index >= 15 is 0 Å². The van der Waals surface area contributed by atoms with Crippen LogP contribution in [0, 0.1) is 0 Å². The molecule has 4 heteroatoms. The minimum Gasteiger partial charge on any atom is -0.278 e. The smallest absolute Gasteiger partial charge is 0.278 e. The molecule has 11 heavy (non-hydrogen) atoms. The van der Waals surface area contributed by atoms with E-state index in [4.69, 9.17) is 5.21 Å². The fourth-order valence-electron chi connectivity index (χ4n) is 0.956. The molecule has 0 saturated heterocycles. The van der Waals surface area contributed by atoms with E-state index in [1.165, 1.54) is 6.08 Å². The van der Waals surface area contributed by atoms with Crippen LogP contribution in [0.3, 0.4) is 0 Å². The summed E-state index contributed by atoms with van der Waals surface area (Å²) in [7, 11) is 0. The van der Waals surface area contributed by atoms with Crippen LogP contribution in [0.15, 0.2) is 11.6 Å². The highest BCUT2D eigenvalue weighted by Gasteiger charge is 2.28. The molecule has 2 amide bonds. The molecular weight excluding hydrogens is 146 g/mol. The zero-order chi connectivity index (χ0) is 8.43. The molecule has 60 valence electrons. The molecule has 1 rings (SSSR count). The maximum atomic E-state index is 10.9. The molecule has 0 spiro atoms. The summed E-state index contributed by atoms with van der Waals surface area (Å²) in [6.45, 7) is 1.90. The third kappa shape index (κ3) is 1.30. The van der Waals surface area contributed by atoms with Crippen LogP contribution in [-0.2, 0) is 9.59 Å². The third-order valence-electron chi connectivity index (χ3n) is 1.49. The van der Waals surface area contributed by atoms with Crippen LogP contribution < -0.4 is 0 Å². The standard InChI is InChI=1S/C7H9NO3/c1-2-3-5-4-6(9)8(11)7(5)10/h4,11H,2-3H2,1H3. The minimum absolute atomic E-state index is 0.144. The highest BCUT2D eigenvalue weighted by molar-refractivity contribution is 6.14. The molecule has 0 radical (unpaired) electrons. The van der Waals surface area contributed by atoms with Gasteiger partial charge in [0, 0.05) is 11.6 Å². The summed E-state index contributed by atoms with van der Waals surface area (Å²) in [6, 6.07) is 0.